The predicted molar refractivity (Wildman–Crippen MR) is 78.7 cm³/mol. The van der Waals surface area contributed by atoms with Crippen LogP contribution in [0.5, 0.6) is 0 Å². The van der Waals surface area contributed by atoms with E-state index in [1.54, 1.807) is 0 Å². The lowest BCUT2D eigenvalue weighted by molar-refractivity contribution is -0.134. The Balaban J connectivity index is 0.00000180. The van der Waals surface area contributed by atoms with Crippen molar-refractivity contribution in [1.29, 1.82) is 0 Å². The second kappa shape index (κ2) is 7.46. The summed E-state index contributed by atoms with van der Waals surface area (Å²) in [7, 11) is 0. The average molecular weight is 291 g/mol. The molecule has 1 amide bonds. The van der Waals surface area contributed by atoms with Crippen molar-refractivity contribution >= 4 is 18.3 Å². The molecule has 0 aromatic rings. The first kappa shape index (κ1) is 16.7. The molecule has 1 atom stereocenters. The largest absolute Gasteiger partial charge is 0.378 e. The molecular formula is C14H27ClN2O2. The first-order chi connectivity index (χ1) is 8.63. The number of rotatable bonds is 3. The Labute approximate surface area is 122 Å². The van der Waals surface area contributed by atoms with Crippen LogP contribution in [0.4, 0.5) is 0 Å². The van der Waals surface area contributed by atoms with Gasteiger partial charge in [0.2, 0.25) is 5.91 Å². The van der Waals surface area contributed by atoms with Crippen LogP contribution in [0, 0.1) is 5.41 Å². The summed E-state index contributed by atoms with van der Waals surface area (Å²) in [6.45, 7) is 8.75. The molecule has 2 aliphatic rings. The normalized spacial score (nSPS) is 26.6. The number of carbonyl (C=O) groups is 1. The van der Waals surface area contributed by atoms with Crippen molar-refractivity contribution in [2.24, 2.45) is 5.41 Å². The molecule has 2 saturated heterocycles. The Bertz CT molecular complexity index is 285. The molecule has 0 aromatic heterocycles. The molecule has 0 spiro atoms. The number of hydrogen-bond acceptors (Lipinski definition) is 3. The number of morpholine rings is 1. The van der Waals surface area contributed by atoms with E-state index in [1.807, 2.05) is 4.90 Å². The van der Waals surface area contributed by atoms with Crippen LogP contribution < -0.4 is 5.32 Å². The van der Waals surface area contributed by atoms with E-state index < -0.39 is 0 Å². The highest BCUT2D eigenvalue weighted by Gasteiger charge is 2.31. The maximum absolute atomic E-state index is 12.2. The molecule has 1 unspecified atom stereocenters. The fourth-order valence-corrected chi connectivity index (χ4v) is 2.74. The number of hydrogen-bond donors (Lipinski definition) is 1. The molecule has 0 saturated carbocycles. The fraction of sp³-hybridized carbons (Fsp3) is 0.929. The van der Waals surface area contributed by atoms with Crippen LogP contribution in [0.15, 0.2) is 0 Å². The van der Waals surface area contributed by atoms with Gasteiger partial charge in [-0.05, 0) is 18.3 Å². The third kappa shape index (κ3) is 4.62. The molecule has 112 valence electrons. The van der Waals surface area contributed by atoms with E-state index in [0.29, 0.717) is 18.4 Å². The summed E-state index contributed by atoms with van der Waals surface area (Å²) in [5.41, 5.74) is 0.447. The van der Waals surface area contributed by atoms with Gasteiger partial charge in [0.05, 0.1) is 13.2 Å². The maximum Gasteiger partial charge on any atom is 0.224 e. The van der Waals surface area contributed by atoms with Crippen molar-refractivity contribution < 1.29 is 9.53 Å². The highest BCUT2D eigenvalue weighted by molar-refractivity contribution is 5.85. The van der Waals surface area contributed by atoms with Gasteiger partial charge in [0.15, 0.2) is 0 Å². The summed E-state index contributed by atoms with van der Waals surface area (Å²) < 4.78 is 5.39. The van der Waals surface area contributed by atoms with Gasteiger partial charge in [0.25, 0.3) is 0 Å². The number of likely N-dealkylation sites (tertiary alicyclic amines) is 1. The van der Waals surface area contributed by atoms with Gasteiger partial charge < -0.3 is 15.0 Å². The number of halogens is 1. The van der Waals surface area contributed by atoms with E-state index in [0.717, 1.165) is 39.1 Å². The molecule has 0 radical (unpaired) electrons. The maximum atomic E-state index is 12.2. The molecule has 1 N–H and O–H groups in total. The van der Waals surface area contributed by atoms with Gasteiger partial charge in [-0.15, -0.1) is 12.4 Å². The Morgan fingerprint density at radius 3 is 2.63 bits per heavy atom. The first-order valence-electron chi connectivity index (χ1n) is 7.22. The molecule has 0 bridgehead atoms. The SMILES string of the molecule is CCC1(C)CCN(C(=O)CC2COCCN2)CC1.Cl. The van der Waals surface area contributed by atoms with Gasteiger partial charge in [-0.3, -0.25) is 4.79 Å². The van der Waals surface area contributed by atoms with E-state index in [2.05, 4.69) is 19.2 Å². The molecule has 2 heterocycles. The lowest BCUT2D eigenvalue weighted by Gasteiger charge is -2.39. The van der Waals surface area contributed by atoms with Crippen LogP contribution in [0.1, 0.15) is 39.5 Å². The zero-order valence-electron chi connectivity index (χ0n) is 12.1. The lowest BCUT2D eigenvalue weighted by atomic mass is 9.78. The summed E-state index contributed by atoms with van der Waals surface area (Å²) in [5, 5.41) is 3.34. The number of amides is 1. The second-order valence-electron chi connectivity index (χ2n) is 5.98. The second-order valence-corrected chi connectivity index (χ2v) is 5.98. The minimum atomic E-state index is 0. The summed E-state index contributed by atoms with van der Waals surface area (Å²) in [6.07, 6.45) is 4.09. The third-order valence-electron chi connectivity index (χ3n) is 4.60. The molecule has 4 nitrogen and oxygen atoms in total. The van der Waals surface area contributed by atoms with Gasteiger partial charge in [-0.25, -0.2) is 0 Å². The Morgan fingerprint density at radius 2 is 2.11 bits per heavy atom. The third-order valence-corrected chi connectivity index (χ3v) is 4.60. The smallest absolute Gasteiger partial charge is 0.224 e. The van der Waals surface area contributed by atoms with Crippen molar-refractivity contribution in [3.8, 4) is 0 Å². The van der Waals surface area contributed by atoms with Crippen LogP contribution in [0.25, 0.3) is 0 Å². The number of ether oxygens (including phenoxy) is 1. The first-order valence-corrected chi connectivity index (χ1v) is 7.22. The average Bonchev–Trinajstić information content (AvgIpc) is 2.40. The summed E-state index contributed by atoms with van der Waals surface area (Å²) in [6, 6.07) is 0.214. The van der Waals surface area contributed by atoms with Crippen molar-refractivity contribution in [3.63, 3.8) is 0 Å². The van der Waals surface area contributed by atoms with Gasteiger partial charge in [0, 0.05) is 32.1 Å². The molecule has 0 aromatic carbocycles. The molecule has 19 heavy (non-hydrogen) atoms. The van der Waals surface area contributed by atoms with Crippen LogP contribution in [-0.4, -0.2) is 49.7 Å². The fourth-order valence-electron chi connectivity index (χ4n) is 2.74. The van der Waals surface area contributed by atoms with Crippen molar-refractivity contribution in [2.75, 3.05) is 32.8 Å². The van der Waals surface area contributed by atoms with Crippen molar-refractivity contribution in [2.45, 2.75) is 45.6 Å². The van der Waals surface area contributed by atoms with Gasteiger partial charge in [-0.1, -0.05) is 20.3 Å². The van der Waals surface area contributed by atoms with E-state index in [-0.39, 0.29) is 24.4 Å². The van der Waals surface area contributed by atoms with Crippen LogP contribution >= 0.6 is 12.4 Å². The predicted octanol–water partition coefficient (Wildman–Crippen LogP) is 1.83. The highest BCUT2D eigenvalue weighted by Crippen LogP contribution is 2.34. The number of carbonyl (C=O) groups excluding carboxylic acids is 1. The van der Waals surface area contributed by atoms with E-state index in [9.17, 15) is 4.79 Å². The Hall–Kier alpha value is -0.320. The minimum absolute atomic E-state index is 0. The standard InChI is InChI=1S/C14H26N2O2.ClH/c1-3-14(2)4-7-16(8-5-14)13(17)10-12-11-18-9-6-15-12;/h12,15H,3-11H2,1-2H3;1H. The Morgan fingerprint density at radius 1 is 1.42 bits per heavy atom. The number of piperidine rings is 1. The quantitative estimate of drug-likeness (QED) is 0.862. The molecule has 5 heteroatoms. The zero-order valence-corrected chi connectivity index (χ0v) is 12.9. The van der Waals surface area contributed by atoms with E-state index in [1.165, 1.54) is 6.42 Å². The Kier molecular flexibility index (Phi) is 6.57. The van der Waals surface area contributed by atoms with Crippen molar-refractivity contribution in [3.05, 3.63) is 0 Å². The molecular weight excluding hydrogens is 264 g/mol. The van der Waals surface area contributed by atoms with E-state index in [4.69, 9.17) is 4.74 Å². The number of nitrogens with zero attached hydrogens (tertiary/aromatic N) is 1. The van der Waals surface area contributed by atoms with Crippen molar-refractivity contribution in [1.82, 2.24) is 10.2 Å². The molecule has 2 fully saturated rings. The van der Waals surface area contributed by atoms with Gasteiger partial charge >= 0.3 is 0 Å². The van der Waals surface area contributed by atoms with E-state index >= 15 is 0 Å². The zero-order chi connectivity index (χ0) is 13.0. The lowest BCUT2D eigenvalue weighted by Crippen LogP contribution is -2.47. The van der Waals surface area contributed by atoms with Crippen LogP contribution in [0.3, 0.4) is 0 Å². The molecule has 2 aliphatic heterocycles. The van der Waals surface area contributed by atoms with Crippen LogP contribution in [-0.2, 0) is 9.53 Å². The highest BCUT2D eigenvalue weighted by atomic mass is 35.5. The monoisotopic (exact) mass is 290 g/mol. The number of nitrogens with one attached hydrogen (secondary N) is 1. The van der Waals surface area contributed by atoms with Gasteiger partial charge in [-0.2, -0.15) is 0 Å². The van der Waals surface area contributed by atoms with Gasteiger partial charge in [0.1, 0.15) is 0 Å². The van der Waals surface area contributed by atoms with Crippen LogP contribution in [0.2, 0.25) is 0 Å². The summed E-state index contributed by atoms with van der Waals surface area (Å²) in [4.78, 5) is 14.2. The molecule has 2 rings (SSSR count). The summed E-state index contributed by atoms with van der Waals surface area (Å²) in [5.74, 6) is 0.288. The topological polar surface area (TPSA) is 41.6 Å². The summed E-state index contributed by atoms with van der Waals surface area (Å²) >= 11 is 0. The minimum Gasteiger partial charge on any atom is -0.378 e. The molecule has 0 aliphatic carbocycles.